The van der Waals surface area contributed by atoms with E-state index in [2.05, 4.69) is 0 Å². The van der Waals surface area contributed by atoms with Crippen molar-refractivity contribution in [3.63, 3.8) is 0 Å². The summed E-state index contributed by atoms with van der Waals surface area (Å²) >= 11 is 0. The Morgan fingerprint density at radius 1 is 1.47 bits per heavy atom. The van der Waals surface area contributed by atoms with Gasteiger partial charge in [-0.2, -0.15) is 0 Å². The third kappa shape index (κ3) is 2.05. The van der Waals surface area contributed by atoms with E-state index in [1.165, 1.54) is 0 Å². The Morgan fingerprint density at radius 3 is 2.65 bits per heavy atom. The van der Waals surface area contributed by atoms with Crippen LogP contribution < -0.4 is 0 Å². The van der Waals surface area contributed by atoms with Gasteiger partial charge in [0.25, 0.3) is 0 Å². The highest BCUT2D eigenvalue weighted by Gasteiger charge is 2.57. The van der Waals surface area contributed by atoms with Crippen molar-refractivity contribution < 1.29 is 19.4 Å². The zero-order valence-electron chi connectivity index (χ0n) is 10.3. The maximum Gasteiger partial charge on any atom is 0.348 e. The molecular formula is C13H20O4. The second-order valence-electron chi connectivity index (χ2n) is 5.29. The topological polar surface area (TPSA) is 63.6 Å². The number of hydrogen-bond donors (Lipinski definition) is 1. The van der Waals surface area contributed by atoms with E-state index in [0.29, 0.717) is 6.42 Å². The zero-order valence-corrected chi connectivity index (χ0v) is 10.3. The lowest BCUT2D eigenvalue weighted by Gasteiger charge is -2.29. The predicted octanol–water partition coefficient (Wildman–Crippen LogP) is 2.36. The van der Waals surface area contributed by atoms with Gasteiger partial charge in [0, 0.05) is 12.3 Å². The number of ether oxygens (including phenoxy) is 1. The van der Waals surface area contributed by atoms with Crippen LogP contribution in [0.15, 0.2) is 0 Å². The van der Waals surface area contributed by atoms with E-state index in [1.54, 1.807) is 0 Å². The van der Waals surface area contributed by atoms with Crippen molar-refractivity contribution in [2.24, 2.45) is 11.8 Å². The lowest BCUT2D eigenvalue weighted by Crippen LogP contribution is -2.44. The van der Waals surface area contributed by atoms with Gasteiger partial charge in [-0.3, -0.25) is 4.79 Å². The molecule has 96 valence electrons. The van der Waals surface area contributed by atoms with Crippen LogP contribution in [0.4, 0.5) is 0 Å². The van der Waals surface area contributed by atoms with Crippen molar-refractivity contribution in [1.29, 1.82) is 0 Å². The molecule has 2 unspecified atom stereocenters. The van der Waals surface area contributed by atoms with Gasteiger partial charge in [-0.05, 0) is 19.3 Å². The van der Waals surface area contributed by atoms with Crippen LogP contribution in [-0.4, -0.2) is 22.6 Å². The molecule has 0 aromatic rings. The van der Waals surface area contributed by atoms with Gasteiger partial charge in [0.2, 0.25) is 5.60 Å². The Kier molecular flexibility index (Phi) is 3.40. The zero-order chi connectivity index (χ0) is 12.5. The van der Waals surface area contributed by atoms with Gasteiger partial charge in [-0.1, -0.05) is 26.2 Å². The molecule has 1 saturated carbocycles. The van der Waals surface area contributed by atoms with Crippen LogP contribution in [0.25, 0.3) is 0 Å². The molecule has 2 rings (SSSR count). The minimum atomic E-state index is -1.21. The quantitative estimate of drug-likeness (QED) is 0.766. The molecule has 1 saturated heterocycles. The molecule has 4 nitrogen and oxygen atoms in total. The number of carbonyl (C=O) groups is 2. The Balaban J connectivity index is 2.19. The van der Waals surface area contributed by atoms with E-state index < -0.39 is 11.6 Å². The molecule has 1 N–H and O–H groups in total. The fraction of sp³-hybridized carbons (Fsp3) is 0.846. The maximum absolute atomic E-state index is 11.8. The molecule has 1 aliphatic heterocycles. The minimum absolute atomic E-state index is 0.0193. The van der Waals surface area contributed by atoms with E-state index in [4.69, 9.17) is 4.74 Å². The summed E-state index contributed by atoms with van der Waals surface area (Å²) in [5, 5.41) is 9.45. The second-order valence-corrected chi connectivity index (χ2v) is 5.29. The van der Waals surface area contributed by atoms with Crippen molar-refractivity contribution in [2.45, 2.75) is 57.5 Å². The number of rotatable bonds is 4. The van der Waals surface area contributed by atoms with Crippen LogP contribution in [0.5, 0.6) is 0 Å². The highest BCUT2D eigenvalue weighted by atomic mass is 16.6. The summed E-state index contributed by atoms with van der Waals surface area (Å²) in [6, 6.07) is 0. The Bertz CT molecular complexity index is 319. The summed E-state index contributed by atoms with van der Waals surface area (Å²) < 4.78 is 5.32. The monoisotopic (exact) mass is 240 g/mol. The molecule has 2 atom stereocenters. The molecule has 1 aliphatic carbocycles. The average Bonchev–Trinajstić information content (AvgIpc) is 2.88. The van der Waals surface area contributed by atoms with Crippen molar-refractivity contribution in [2.75, 3.05) is 0 Å². The minimum Gasteiger partial charge on any atom is -0.478 e. The van der Waals surface area contributed by atoms with Crippen LogP contribution >= 0.6 is 0 Å². The third-order valence-corrected chi connectivity index (χ3v) is 4.18. The van der Waals surface area contributed by atoms with Crippen molar-refractivity contribution in [3.05, 3.63) is 0 Å². The van der Waals surface area contributed by atoms with Gasteiger partial charge in [-0.25, -0.2) is 4.79 Å². The molecule has 2 fully saturated rings. The van der Waals surface area contributed by atoms with E-state index in [0.717, 1.165) is 38.5 Å². The first-order valence-corrected chi connectivity index (χ1v) is 6.56. The molecule has 17 heavy (non-hydrogen) atoms. The predicted molar refractivity (Wildman–Crippen MR) is 61.4 cm³/mol. The normalized spacial score (nSPS) is 33.9. The summed E-state index contributed by atoms with van der Waals surface area (Å²) in [5.41, 5.74) is -1.21. The highest BCUT2D eigenvalue weighted by molar-refractivity contribution is 5.87. The largest absolute Gasteiger partial charge is 0.478 e. The summed E-state index contributed by atoms with van der Waals surface area (Å²) in [6.45, 7) is 2.00. The number of aliphatic carboxylic acids is 1. The van der Waals surface area contributed by atoms with Crippen molar-refractivity contribution >= 4 is 11.9 Å². The molecule has 0 aromatic carbocycles. The number of carboxylic acid groups (broad SMARTS) is 1. The van der Waals surface area contributed by atoms with Crippen LogP contribution in [0.2, 0.25) is 0 Å². The van der Waals surface area contributed by atoms with Crippen molar-refractivity contribution in [1.82, 2.24) is 0 Å². The maximum atomic E-state index is 11.8. The summed E-state index contributed by atoms with van der Waals surface area (Å²) in [4.78, 5) is 23.3. The highest BCUT2D eigenvalue weighted by Crippen LogP contribution is 2.45. The molecule has 0 aromatic heterocycles. The molecule has 0 bridgehead atoms. The molecule has 0 amide bonds. The third-order valence-electron chi connectivity index (χ3n) is 4.18. The molecule has 4 heteroatoms. The summed E-state index contributed by atoms with van der Waals surface area (Å²) in [5.74, 6) is -1.44. The molecule has 0 radical (unpaired) electrons. The van der Waals surface area contributed by atoms with Gasteiger partial charge < -0.3 is 9.84 Å². The fourth-order valence-electron chi connectivity index (χ4n) is 3.27. The van der Waals surface area contributed by atoms with Crippen LogP contribution in [0.3, 0.4) is 0 Å². The van der Waals surface area contributed by atoms with E-state index in [-0.39, 0.29) is 17.8 Å². The number of cyclic esters (lactones) is 1. The summed E-state index contributed by atoms with van der Waals surface area (Å²) in [6.07, 6.45) is 5.85. The SMILES string of the molecule is CCCC1CC(C(=O)O)(C2CCCC2)OC1=O. The van der Waals surface area contributed by atoms with Gasteiger partial charge in [0.1, 0.15) is 0 Å². The molecule has 2 aliphatic rings. The first-order chi connectivity index (χ1) is 8.10. The summed E-state index contributed by atoms with van der Waals surface area (Å²) in [7, 11) is 0. The van der Waals surface area contributed by atoms with E-state index in [1.807, 2.05) is 6.92 Å². The van der Waals surface area contributed by atoms with E-state index in [9.17, 15) is 14.7 Å². The standard InChI is InChI=1S/C13H20O4/c1-2-5-9-8-13(12(15)16,17-11(9)14)10-6-3-4-7-10/h9-10H,2-8H2,1H3,(H,15,16). The van der Waals surface area contributed by atoms with Gasteiger partial charge >= 0.3 is 11.9 Å². The Labute approximate surface area is 101 Å². The average molecular weight is 240 g/mol. The van der Waals surface area contributed by atoms with Crippen LogP contribution in [-0.2, 0) is 14.3 Å². The smallest absolute Gasteiger partial charge is 0.348 e. The molecule has 0 spiro atoms. The number of carboxylic acids is 1. The fourth-order valence-corrected chi connectivity index (χ4v) is 3.27. The molecular weight excluding hydrogens is 220 g/mol. The number of hydrogen-bond acceptors (Lipinski definition) is 3. The van der Waals surface area contributed by atoms with Gasteiger partial charge in [0.05, 0.1) is 5.92 Å². The number of carbonyl (C=O) groups excluding carboxylic acids is 1. The Hall–Kier alpha value is -1.06. The van der Waals surface area contributed by atoms with Gasteiger partial charge in [0.15, 0.2) is 0 Å². The van der Waals surface area contributed by atoms with Gasteiger partial charge in [-0.15, -0.1) is 0 Å². The second kappa shape index (κ2) is 4.67. The van der Waals surface area contributed by atoms with Crippen molar-refractivity contribution in [3.8, 4) is 0 Å². The first-order valence-electron chi connectivity index (χ1n) is 6.56. The number of esters is 1. The van der Waals surface area contributed by atoms with E-state index >= 15 is 0 Å². The molecule has 1 heterocycles. The van der Waals surface area contributed by atoms with Crippen LogP contribution in [0.1, 0.15) is 51.9 Å². The Morgan fingerprint density at radius 2 is 2.12 bits per heavy atom. The lowest BCUT2D eigenvalue weighted by molar-refractivity contribution is -0.176. The lowest BCUT2D eigenvalue weighted by atomic mass is 9.80. The first kappa shape index (κ1) is 12.4. The van der Waals surface area contributed by atoms with Crippen LogP contribution in [0, 0.1) is 11.8 Å².